The third-order valence-corrected chi connectivity index (χ3v) is 8.93. The summed E-state index contributed by atoms with van der Waals surface area (Å²) in [5, 5.41) is 2.53. The van der Waals surface area contributed by atoms with Gasteiger partial charge in [0.15, 0.2) is 0 Å². The van der Waals surface area contributed by atoms with Crippen LogP contribution in [0.4, 0.5) is 18.9 Å². The minimum Gasteiger partial charge on any atom is -0.354 e. The number of unbranched alkanes of at least 4 members (excludes halogenated alkanes) is 1. The van der Waals surface area contributed by atoms with Gasteiger partial charge in [0.25, 0.3) is 10.0 Å². The van der Waals surface area contributed by atoms with Crippen molar-refractivity contribution in [2.45, 2.75) is 63.7 Å². The van der Waals surface area contributed by atoms with E-state index in [1.54, 1.807) is 25.1 Å². The number of hydrogen-bond acceptors (Lipinski definition) is 4. The molecule has 2 amide bonds. The van der Waals surface area contributed by atoms with Gasteiger partial charge in [-0.05, 0) is 55.7 Å². The predicted octanol–water partition coefficient (Wildman–Crippen LogP) is 6.59. The van der Waals surface area contributed by atoms with Crippen molar-refractivity contribution in [3.8, 4) is 0 Å². The first kappa shape index (κ1) is 33.9. The summed E-state index contributed by atoms with van der Waals surface area (Å²) in [6.45, 7) is 5.05. The highest BCUT2D eigenvalue weighted by atomic mass is 35.5. The van der Waals surface area contributed by atoms with E-state index in [0.29, 0.717) is 22.5 Å². The second kappa shape index (κ2) is 14.7. The Kier molecular flexibility index (Phi) is 11.6. The van der Waals surface area contributed by atoms with Crippen LogP contribution in [0.2, 0.25) is 5.02 Å². The molecule has 0 radical (unpaired) electrons. The average Bonchev–Trinajstić information content (AvgIpc) is 2.97. The fraction of sp³-hybridized carbons (Fsp3) is 0.355. The molecule has 0 aliphatic carbocycles. The van der Waals surface area contributed by atoms with Crippen molar-refractivity contribution < 1.29 is 31.2 Å². The Morgan fingerprint density at radius 3 is 2.21 bits per heavy atom. The molecule has 0 spiro atoms. The fourth-order valence-corrected chi connectivity index (χ4v) is 6.14. The number of anilines is 1. The molecule has 1 N–H and O–H groups in total. The van der Waals surface area contributed by atoms with Crippen molar-refractivity contribution in [2.24, 2.45) is 0 Å². The molecule has 43 heavy (non-hydrogen) atoms. The van der Waals surface area contributed by atoms with E-state index >= 15 is 0 Å². The van der Waals surface area contributed by atoms with Gasteiger partial charge in [-0.15, -0.1) is 0 Å². The van der Waals surface area contributed by atoms with Gasteiger partial charge in [0.05, 0.1) is 21.2 Å². The number of carbonyl (C=O) groups is 2. The van der Waals surface area contributed by atoms with Gasteiger partial charge in [0.2, 0.25) is 11.8 Å². The van der Waals surface area contributed by atoms with Crippen molar-refractivity contribution in [3.63, 3.8) is 0 Å². The highest BCUT2D eigenvalue weighted by molar-refractivity contribution is 7.92. The second-order valence-electron chi connectivity index (χ2n) is 10.1. The summed E-state index contributed by atoms with van der Waals surface area (Å²) < 4.78 is 69.4. The van der Waals surface area contributed by atoms with Gasteiger partial charge in [-0.1, -0.05) is 79.9 Å². The molecule has 3 aromatic rings. The van der Waals surface area contributed by atoms with Crippen LogP contribution in [0.1, 0.15) is 49.8 Å². The van der Waals surface area contributed by atoms with Crippen LogP contribution in [0.5, 0.6) is 0 Å². The van der Waals surface area contributed by atoms with E-state index in [0.717, 1.165) is 30.5 Å². The minimum absolute atomic E-state index is 0.0334. The first-order valence-electron chi connectivity index (χ1n) is 13.9. The first-order valence-corrected chi connectivity index (χ1v) is 15.7. The van der Waals surface area contributed by atoms with Crippen molar-refractivity contribution in [2.75, 3.05) is 17.4 Å². The number of hydrogen-bond donors (Lipinski definition) is 1. The van der Waals surface area contributed by atoms with Crippen LogP contribution in [-0.4, -0.2) is 44.3 Å². The lowest BCUT2D eigenvalue weighted by Crippen LogP contribution is -2.52. The summed E-state index contributed by atoms with van der Waals surface area (Å²) in [7, 11) is -4.58. The van der Waals surface area contributed by atoms with E-state index in [9.17, 15) is 31.2 Å². The quantitative estimate of drug-likeness (QED) is 0.214. The molecule has 0 unspecified atom stereocenters. The third kappa shape index (κ3) is 8.73. The average molecular weight is 638 g/mol. The van der Waals surface area contributed by atoms with Crippen LogP contribution in [0.3, 0.4) is 0 Å². The molecule has 0 fully saturated rings. The van der Waals surface area contributed by atoms with Gasteiger partial charge in [-0.2, -0.15) is 13.2 Å². The molecule has 0 bridgehead atoms. The van der Waals surface area contributed by atoms with Gasteiger partial charge < -0.3 is 10.2 Å². The number of alkyl halides is 3. The van der Waals surface area contributed by atoms with E-state index in [1.807, 2.05) is 26.0 Å². The standard InChI is InChI=1S/C31H35ClF3N3O4S/c1-4-6-18-36-30(40)27(5-2)37(20-23-14-12-22(3)13-15-23)29(39)21-38(43(41,42)25-10-8-7-9-11-25)28-19-24(31(33,34)35)16-17-26(28)32/h7-17,19,27H,4-6,18,20-21H2,1-3H3,(H,36,40)/t27-/m0/s1. The molecule has 0 aromatic heterocycles. The minimum atomic E-state index is -4.80. The summed E-state index contributed by atoms with van der Waals surface area (Å²) >= 11 is 6.29. The number of rotatable bonds is 13. The molecule has 232 valence electrons. The lowest BCUT2D eigenvalue weighted by molar-refractivity contribution is -0.140. The van der Waals surface area contributed by atoms with Crippen LogP contribution in [0.15, 0.2) is 77.7 Å². The van der Waals surface area contributed by atoms with Gasteiger partial charge in [-0.25, -0.2) is 8.42 Å². The van der Waals surface area contributed by atoms with E-state index in [4.69, 9.17) is 11.6 Å². The Balaban J connectivity index is 2.12. The van der Waals surface area contributed by atoms with E-state index < -0.39 is 51.9 Å². The Hall–Kier alpha value is -3.57. The summed E-state index contributed by atoms with van der Waals surface area (Å²) in [4.78, 5) is 28.3. The Labute approximate surface area is 255 Å². The molecule has 0 aliphatic rings. The van der Waals surface area contributed by atoms with Gasteiger partial charge >= 0.3 is 6.18 Å². The predicted molar refractivity (Wildman–Crippen MR) is 161 cm³/mol. The van der Waals surface area contributed by atoms with Gasteiger partial charge in [-0.3, -0.25) is 13.9 Å². The summed E-state index contributed by atoms with van der Waals surface area (Å²) in [5.74, 6) is -1.20. The molecular weight excluding hydrogens is 603 g/mol. The molecule has 1 atom stereocenters. The SMILES string of the molecule is CCCCNC(=O)[C@H](CC)N(Cc1ccc(C)cc1)C(=O)CN(c1cc(C(F)(F)F)ccc1Cl)S(=O)(=O)c1ccccc1. The van der Waals surface area contributed by atoms with Crippen LogP contribution < -0.4 is 9.62 Å². The number of halogens is 4. The Bertz CT molecular complexity index is 1500. The van der Waals surface area contributed by atoms with E-state index in [-0.39, 0.29) is 22.9 Å². The molecule has 0 heterocycles. The molecule has 0 saturated carbocycles. The summed E-state index contributed by atoms with van der Waals surface area (Å²) in [6.07, 6.45) is -3.02. The van der Waals surface area contributed by atoms with E-state index in [1.165, 1.54) is 29.2 Å². The van der Waals surface area contributed by atoms with Crippen LogP contribution >= 0.6 is 11.6 Å². The van der Waals surface area contributed by atoms with Gasteiger partial charge in [0.1, 0.15) is 12.6 Å². The zero-order chi connectivity index (χ0) is 31.8. The topological polar surface area (TPSA) is 86.8 Å². The van der Waals surface area contributed by atoms with Crippen LogP contribution in [0, 0.1) is 6.92 Å². The molecule has 3 rings (SSSR count). The zero-order valence-electron chi connectivity index (χ0n) is 24.2. The molecule has 0 saturated heterocycles. The van der Waals surface area contributed by atoms with Gasteiger partial charge in [0, 0.05) is 13.1 Å². The number of carbonyl (C=O) groups excluding carboxylic acids is 2. The molecule has 0 aliphatic heterocycles. The number of nitrogens with zero attached hydrogens (tertiary/aromatic N) is 2. The summed E-state index contributed by atoms with van der Waals surface area (Å²) in [5.41, 5.74) is 0.0221. The van der Waals surface area contributed by atoms with E-state index in [2.05, 4.69) is 5.32 Å². The Morgan fingerprint density at radius 1 is 0.977 bits per heavy atom. The van der Waals surface area contributed by atoms with Crippen molar-refractivity contribution >= 4 is 39.1 Å². The van der Waals surface area contributed by atoms with Crippen molar-refractivity contribution in [1.29, 1.82) is 0 Å². The number of benzene rings is 3. The largest absolute Gasteiger partial charge is 0.416 e. The molecular formula is C31H35ClF3N3O4S. The summed E-state index contributed by atoms with van der Waals surface area (Å²) in [6, 6.07) is 15.6. The van der Waals surface area contributed by atoms with Crippen molar-refractivity contribution in [3.05, 3.63) is 94.5 Å². The maximum Gasteiger partial charge on any atom is 0.416 e. The highest BCUT2D eigenvalue weighted by Gasteiger charge is 2.37. The maximum atomic E-state index is 14.1. The number of amides is 2. The smallest absolute Gasteiger partial charge is 0.354 e. The first-order chi connectivity index (χ1) is 20.3. The molecule has 7 nitrogen and oxygen atoms in total. The fourth-order valence-electron chi connectivity index (χ4n) is 4.43. The zero-order valence-corrected chi connectivity index (χ0v) is 25.8. The number of sulfonamides is 1. The second-order valence-corrected chi connectivity index (χ2v) is 12.3. The highest BCUT2D eigenvalue weighted by Crippen LogP contribution is 2.37. The monoisotopic (exact) mass is 637 g/mol. The van der Waals surface area contributed by atoms with Crippen molar-refractivity contribution in [1.82, 2.24) is 10.2 Å². The normalized spacial score (nSPS) is 12.4. The lowest BCUT2D eigenvalue weighted by Gasteiger charge is -2.33. The maximum absolute atomic E-state index is 14.1. The lowest BCUT2D eigenvalue weighted by atomic mass is 10.1. The third-order valence-electron chi connectivity index (χ3n) is 6.84. The Morgan fingerprint density at radius 2 is 1.63 bits per heavy atom. The molecule has 12 heteroatoms. The molecule has 3 aromatic carbocycles. The number of aryl methyl sites for hydroxylation is 1. The van der Waals surface area contributed by atoms with Crippen LogP contribution in [-0.2, 0) is 32.3 Å². The van der Waals surface area contributed by atoms with Crippen LogP contribution in [0.25, 0.3) is 0 Å². The number of nitrogens with one attached hydrogen (secondary N) is 1.